The van der Waals surface area contributed by atoms with E-state index in [1.54, 1.807) is 62.4 Å². The minimum absolute atomic E-state index is 0.345. The Morgan fingerprint density at radius 1 is 0.738 bits per heavy atom. The first-order valence-electron chi connectivity index (χ1n) is 12.5. The molecule has 0 saturated carbocycles. The predicted octanol–water partition coefficient (Wildman–Crippen LogP) is 9.66. The molecule has 0 heterocycles. The number of nitrogens with zero attached hydrogens (tertiary/aromatic N) is 2. The number of hydrogen-bond donors (Lipinski definition) is 0. The van der Waals surface area contributed by atoms with Gasteiger partial charge in [-0.25, -0.2) is 8.78 Å². The van der Waals surface area contributed by atoms with Gasteiger partial charge in [0.2, 0.25) is 0 Å². The molecule has 0 aliphatic heterocycles. The van der Waals surface area contributed by atoms with Gasteiger partial charge in [-0.1, -0.05) is 31.2 Å². The van der Waals surface area contributed by atoms with Crippen LogP contribution in [0.15, 0.2) is 83.0 Å². The van der Waals surface area contributed by atoms with Crippen LogP contribution in [-0.2, 0) is 4.79 Å². The molecule has 42 heavy (non-hydrogen) atoms. The van der Waals surface area contributed by atoms with Crippen molar-refractivity contribution in [1.29, 1.82) is 0 Å². The number of carbonyl (C=O) groups excluding carboxylic acids is 1. The van der Waals surface area contributed by atoms with E-state index in [2.05, 4.69) is 15.0 Å². The molecule has 0 radical (unpaired) electrons. The number of alkyl halides is 8. The number of azo groups is 1. The second-order valence-corrected chi connectivity index (χ2v) is 9.88. The third kappa shape index (κ3) is 7.24. The summed E-state index contributed by atoms with van der Waals surface area (Å²) in [6, 6.07) is 18.1. The minimum Gasteiger partial charge on any atom is -0.487 e. The van der Waals surface area contributed by atoms with E-state index < -0.39 is 36.2 Å². The maximum absolute atomic E-state index is 13.7. The van der Waals surface area contributed by atoms with Crippen LogP contribution in [-0.4, -0.2) is 36.8 Å². The summed E-state index contributed by atoms with van der Waals surface area (Å²) in [5, 5.41) is 8.25. The molecule has 13 heteroatoms. The highest BCUT2D eigenvalue weighted by atomic mass is 19.4. The van der Waals surface area contributed by atoms with E-state index in [0.717, 1.165) is 12.1 Å². The zero-order valence-electron chi connectivity index (χ0n) is 22.6. The monoisotopic (exact) mass is 602 g/mol. The lowest BCUT2D eigenvalue weighted by atomic mass is 9.91. The number of ether oxygens (including phenoxy) is 2. The standard InChI is InChI=1S/C29H26F8N2O3/c1-4-26(2,3)25(40)42-23-15-11-21(12-16-23)39-38-20-9-5-18(6-10-20)19-7-13-22(14-8-19)41-17-27(32,33)29(36,37)28(34,35)24(30)31/h5-16,24H,4,17H2,1-3H3. The van der Waals surface area contributed by atoms with Crippen molar-refractivity contribution in [3.05, 3.63) is 72.8 Å². The van der Waals surface area contributed by atoms with Crippen LogP contribution in [0.3, 0.4) is 0 Å². The number of esters is 1. The highest BCUT2D eigenvalue weighted by Gasteiger charge is 2.75. The first-order valence-corrected chi connectivity index (χ1v) is 12.5. The Morgan fingerprint density at radius 3 is 1.62 bits per heavy atom. The molecule has 0 aliphatic carbocycles. The fourth-order valence-corrected chi connectivity index (χ4v) is 3.20. The minimum atomic E-state index is -6.34. The van der Waals surface area contributed by atoms with Crippen molar-refractivity contribution in [1.82, 2.24) is 0 Å². The fourth-order valence-electron chi connectivity index (χ4n) is 3.20. The molecule has 0 aromatic heterocycles. The first kappa shape index (κ1) is 32.5. The number of benzene rings is 3. The predicted molar refractivity (Wildman–Crippen MR) is 139 cm³/mol. The van der Waals surface area contributed by atoms with Crippen LogP contribution in [0, 0.1) is 5.41 Å². The van der Waals surface area contributed by atoms with Gasteiger partial charge >= 0.3 is 30.2 Å². The van der Waals surface area contributed by atoms with Crippen LogP contribution >= 0.6 is 0 Å². The van der Waals surface area contributed by atoms with Gasteiger partial charge in [0.25, 0.3) is 0 Å². The average Bonchev–Trinajstić information content (AvgIpc) is 2.96. The van der Waals surface area contributed by atoms with Gasteiger partial charge in [-0.05, 0) is 79.9 Å². The SMILES string of the molecule is CCC(C)(C)C(=O)Oc1ccc(N=Nc2ccc(-c3ccc(OCC(F)(F)C(F)(F)C(F)(F)C(F)F)cc3)cc2)cc1. The summed E-state index contributed by atoms with van der Waals surface area (Å²) in [5.41, 5.74) is 1.59. The molecule has 0 bridgehead atoms. The second-order valence-electron chi connectivity index (χ2n) is 9.88. The third-order valence-electron chi connectivity index (χ3n) is 6.39. The van der Waals surface area contributed by atoms with Crippen LogP contribution in [0.5, 0.6) is 11.5 Å². The molecule has 0 amide bonds. The summed E-state index contributed by atoms with van der Waals surface area (Å²) in [4.78, 5) is 12.2. The first-order chi connectivity index (χ1) is 19.5. The van der Waals surface area contributed by atoms with Gasteiger partial charge in [0.1, 0.15) is 11.5 Å². The highest BCUT2D eigenvalue weighted by molar-refractivity contribution is 5.78. The van der Waals surface area contributed by atoms with Crippen LogP contribution in [0.1, 0.15) is 27.2 Å². The lowest BCUT2D eigenvalue weighted by molar-refractivity contribution is -0.342. The molecule has 0 unspecified atom stereocenters. The summed E-state index contributed by atoms with van der Waals surface area (Å²) in [6.07, 6.45) is -4.37. The molecule has 226 valence electrons. The topological polar surface area (TPSA) is 60.2 Å². The molecule has 0 N–H and O–H groups in total. The van der Waals surface area contributed by atoms with Crippen LogP contribution < -0.4 is 9.47 Å². The van der Waals surface area contributed by atoms with Gasteiger partial charge in [-0.15, -0.1) is 0 Å². The van der Waals surface area contributed by atoms with Crippen molar-refractivity contribution >= 4 is 17.3 Å². The average molecular weight is 603 g/mol. The lowest BCUT2D eigenvalue weighted by Crippen LogP contribution is -2.59. The van der Waals surface area contributed by atoms with Crippen molar-refractivity contribution in [2.45, 2.75) is 51.4 Å². The maximum atomic E-state index is 13.7. The van der Waals surface area contributed by atoms with Gasteiger partial charge < -0.3 is 9.47 Å². The van der Waals surface area contributed by atoms with Crippen molar-refractivity contribution < 1.29 is 49.4 Å². The number of rotatable bonds is 12. The zero-order chi connectivity index (χ0) is 31.3. The Kier molecular flexibility index (Phi) is 9.63. The van der Waals surface area contributed by atoms with Crippen molar-refractivity contribution in [2.75, 3.05) is 6.61 Å². The summed E-state index contributed by atoms with van der Waals surface area (Å²) < 4.78 is 114. The van der Waals surface area contributed by atoms with Gasteiger partial charge in [-0.2, -0.15) is 36.6 Å². The van der Waals surface area contributed by atoms with Crippen molar-refractivity contribution in [3.63, 3.8) is 0 Å². The summed E-state index contributed by atoms with van der Waals surface area (Å²) >= 11 is 0. The Bertz CT molecular complexity index is 1380. The van der Waals surface area contributed by atoms with Gasteiger partial charge in [-0.3, -0.25) is 4.79 Å². The van der Waals surface area contributed by atoms with Gasteiger partial charge in [0, 0.05) is 0 Å². The molecule has 0 fully saturated rings. The maximum Gasteiger partial charge on any atom is 0.381 e. The number of hydrogen-bond acceptors (Lipinski definition) is 5. The van der Waals surface area contributed by atoms with Gasteiger partial charge in [0.05, 0.1) is 16.8 Å². The summed E-state index contributed by atoms with van der Waals surface area (Å²) in [6.45, 7) is 3.23. The van der Waals surface area contributed by atoms with Crippen molar-refractivity contribution in [2.24, 2.45) is 15.6 Å². The molecule has 3 aromatic carbocycles. The summed E-state index contributed by atoms with van der Waals surface area (Å²) in [7, 11) is 0. The van der Waals surface area contributed by atoms with Crippen LogP contribution in [0.4, 0.5) is 46.5 Å². The molecule has 3 rings (SSSR count). The largest absolute Gasteiger partial charge is 0.487 e. The van der Waals surface area contributed by atoms with Crippen LogP contribution in [0.2, 0.25) is 0 Å². The molecule has 0 spiro atoms. The molecule has 0 saturated heterocycles. The van der Waals surface area contributed by atoms with E-state index >= 15 is 0 Å². The normalized spacial score (nSPS) is 13.0. The number of carbonyl (C=O) groups is 1. The number of halogens is 8. The van der Waals surface area contributed by atoms with Gasteiger partial charge in [0.15, 0.2) is 6.61 Å². The molecule has 5 nitrogen and oxygen atoms in total. The van der Waals surface area contributed by atoms with E-state index in [4.69, 9.17) is 4.74 Å². The molecule has 0 aliphatic rings. The van der Waals surface area contributed by atoms with E-state index in [-0.39, 0.29) is 11.7 Å². The third-order valence-corrected chi connectivity index (χ3v) is 6.39. The van der Waals surface area contributed by atoms with E-state index in [1.165, 1.54) is 12.1 Å². The Hall–Kier alpha value is -4.03. The lowest BCUT2D eigenvalue weighted by Gasteiger charge is -2.32. The second kappa shape index (κ2) is 12.5. The Labute approximate surface area is 236 Å². The van der Waals surface area contributed by atoms with Crippen LogP contribution in [0.25, 0.3) is 11.1 Å². The van der Waals surface area contributed by atoms with E-state index in [1.807, 2.05) is 6.92 Å². The highest BCUT2D eigenvalue weighted by Crippen LogP contribution is 2.48. The quantitative estimate of drug-likeness (QED) is 0.0898. The smallest absolute Gasteiger partial charge is 0.381 e. The Morgan fingerprint density at radius 2 is 1.17 bits per heavy atom. The molecular weight excluding hydrogens is 576 g/mol. The summed E-state index contributed by atoms with van der Waals surface area (Å²) in [5.74, 6) is -18.5. The van der Waals surface area contributed by atoms with E-state index in [9.17, 15) is 39.9 Å². The zero-order valence-corrected chi connectivity index (χ0v) is 22.6. The molecule has 0 atom stereocenters. The molecular formula is C29H26F8N2O3. The molecule has 3 aromatic rings. The Balaban J connectivity index is 1.60. The van der Waals surface area contributed by atoms with Crippen molar-refractivity contribution in [3.8, 4) is 22.6 Å². The fraction of sp³-hybridized carbons (Fsp3) is 0.345. The van der Waals surface area contributed by atoms with E-state index in [0.29, 0.717) is 34.7 Å².